The number of nitrogens with zero attached hydrogens (tertiary/aromatic N) is 2. The van der Waals surface area contributed by atoms with E-state index in [0.29, 0.717) is 5.11 Å². The predicted molar refractivity (Wildman–Crippen MR) is 98.0 cm³/mol. The first-order valence-electron chi connectivity index (χ1n) is 7.52. The maximum atomic E-state index is 5.61. The lowest BCUT2D eigenvalue weighted by atomic mass is 10.3. The number of hydrazone groups is 1. The highest BCUT2D eigenvalue weighted by Crippen LogP contribution is 2.15. The van der Waals surface area contributed by atoms with Crippen LogP contribution in [0.15, 0.2) is 53.8 Å². The van der Waals surface area contributed by atoms with E-state index in [1.807, 2.05) is 42.5 Å². The van der Waals surface area contributed by atoms with Crippen molar-refractivity contribution in [3.63, 3.8) is 0 Å². The summed E-state index contributed by atoms with van der Waals surface area (Å²) in [5.41, 5.74) is 4.39. The maximum Gasteiger partial charge on any atom is 0.191 e. The number of thiocarbonyl (C=S) groups is 1. The molecule has 2 N–H and O–H groups in total. The van der Waals surface area contributed by atoms with Gasteiger partial charge in [-0.15, -0.1) is 0 Å². The number of ether oxygens (including phenoxy) is 1. The van der Waals surface area contributed by atoms with E-state index in [1.165, 1.54) is 0 Å². The summed E-state index contributed by atoms with van der Waals surface area (Å²) < 4.78 is 5.61. The van der Waals surface area contributed by atoms with Crippen molar-refractivity contribution in [3.8, 4) is 5.75 Å². The molecule has 0 aliphatic rings. The third kappa shape index (κ3) is 6.44. The van der Waals surface area contributed by atoms with E-state index in [4.69, 9.17) is 17.0 Å². The molecule has 0 spiro atoms. The zero-order valence-corrected chi connectivity index (χ0v) is 13.8. The summed E-state index contributed by atoms with van der Waals surface area (Å²) in [6, 6.07) is 13.3. The molecule has 0 aliphatic heterocycles. The van der Waals surface area contributed by atoms with Gasteiger partial charge in [-0.05, 0) is 55.0 Å². The summed E-state index contributed by atoms with van der Waals surface area (Å²) in [6.07, 6.45) is 5.50. The molecule has 6 heteroatoms. The third-order valence-electron chi connectivity index (χ3n) is 2.93. The number of aromatic nitrogens is 1. The molecule has 1 aromatic carbocycles. The second-order valence-corrected chi connectivity index (χ2v) is 5.21. The Morgan fingerprint density at radius 2 is 2.09 bits per heavy atom. The summed E-state index contributed by atoms with van der Waals surface area (Å²) >= 11 is 5.18. The molecule has 1 heterocycles. The summed E-state index contributed by atoms with van der Waals surface area (Å²) in [5.74, 6) is 0.857. The van der Waals surface area contributed by atoms with Gasteiger partial charge in [-0.25, -0.2) is 0 Å². The number of pyridine rings is 1. The summed E-state index contributed by atoms with van der Waals surface area (Å²) in [7, 11) is 0. The Labute approximate surface area is 141 Å². The van der Waals surface area contributed by atoms with Crippen LogP contribution in [-0.4, -0.2) is 22.9 Å². The molecule has 0 unspecified atom stereocenters. The van der Waals surface area contributed by atoms with Gasteiger partial charge in [0.25, 0.3) is 0 Å². The number of rotatable bonds is 7. The quantitative estimate of drug-likeness (QED) is 0.352. The zero-order chi connectivity index (χ0) is 16.3. The average Bonchev–Trinajstić information content (AvgIpc) is 2.58. The lowest BCUT2D eigenvalue weighted by Crippen LogP contribution is -2.23. The van der Waals surface area contributed by atoms with Crippen LogP contribution < -0.4 is 15.5 Å². The molecule has 0 radical (unpaired) electrons. The Morgan fingerprint density at radius 1 is 1.26 bits per heavy atom. The smallest absolute Gasteiger partial charge is 0.191 e. The third-order valence-corrected chi connectivity index (χ3v) is 3.12. The van der Waals surface area contributed by atoms with E-state index in [-0.39, 0.29) is 0 Å². The number of anilines is 1. The Kier molecular flexibility index (Phi) is 7.00. The zero-order valence-electron chi connectivity index (χ0n) is 13.0. The molecule has 0 atom stereocenters. The van der Waals surface area contributed by atoms with Crippen LogP contribution in [0.25, 0.3) is 0 Å². The van der Waals surface area contributed by atoms with Crippen LogP contribution in [0.4, 0.5) is 5.69 Å². The van der Waals surface area contributed by atoms with Crippen LogP contribution in [0.2, 0.25) is 0 Å². The van der Waals surface area contributed by atoms with Gasteiger partial charge in [0.1, 0.15) is 5.75 Å². The van der Waals surface area contributed by atoms with Gasteiger partial charge in [-0.3, -0.25) is 10.4 Å². The summed E-state index contributed by atoms with van der Waals surface area (Å²) in [6.45, 7) is 2.88. The highest BCUT2D eigenvalue weighted by molar-refractivity contribution is 7.80. The fourth-order valence-corrected chi connectivity index (χ4v) is 1.91. The van der Waals surface area contributed by atoms with Gasteiger partial charge < -0.3 is 10.1 Å². The van der Waals surface area contributed by atoms with Crippen LogP contribution >= 0.6 is 12.2 Å². The molecule has 0 fully saturated rings. The molecule has 0 aliphatic carbocycles. The minimum absolute atomic E-state index is 0.414. The van der Waals surface area contributed by atoms with Gasteiger partial charge in [0.15, 0.2) is 5.11 Å². The van der Waals surface area contributed by atoms with Gasteiger partial charge in [0.05, 0.1) is 18.5 Å². The van der Waals surface area contributed by atoms with Crippen LogP contribution in [0.1, 0.15) is 25.5 Å². The Bertz CT molecular complexity index is 629. The van der Waals surface area contributed by atoms with Crippen molar-refractivity contribution in [1.29, 1.82) is 0 Å². The van der Waals surface area contributed by atoms with Crippen LogP contribution in [0, 0.1) is 0 Å². The minimum Gasteiger partial charge on any atom is -0.494 e. The molecule has 2 rings (SSSR count). The van der Waals surface area contributed by atoms with Crippen LogP contribution in [0.5, 0.6) is 5.75 Å². The van der Waals surface area contributed by atoms with Crippen molar-refractivity contribution in [2.24, 2.45) is 5.10 Å². The van der Waals surface area contributed by atoms with Gasteiger partial charge in [0.2, 0.25) is 0 Å². The first kappa shape index (κ1) is 16.9. The SMILES string of the molecule is CCCCOc1ccc(NC(=S)NN=Cc2ccccn2)cc1. The van der Waals surface area contributed by atoms with E-state index in [1.54, 1.807) is 12.4 Å². The molecular weight excluding hydrogens is 308 g/mol. The van der Waals surface area contributed by atoms with Gasteiger partial charge in [-0.2, -0.15) is 5.10 Å². The predicted octanol–water partition coefficient (Wildman–Crippen LogP) is 3.58. The number of hydrogen-bond acceptors (Lipinski definition) is 4. The molecule has 1 aromatic heterocycles. The average molecular weight is 328 g/mol. The topological polar surface area (TPSA) is 58.5 Å². The molecule has 120 valence electrons. The van der Waals surface area contributed by atoms with Crippen molar-refractivity contribution >= 4 is 29.2 Å². The number of nitrogens with one attached hydrogen (secondary N) is 2. The van der Waals surface area contributed by atoms with Crippen molar-refractivity contribution in [2.75, 3.05) is 11.9 Å². The van der Waals surface area contributed by atoms with Crippen LogP contribution in [0.3, 0.4) is 0 Å². The molecule has 23 heavy (non-hydrogen) atoms. The lowest BCUT2D eigenvalue weighted by molar-refractivity contribution is 0.309. The van der Waals surface area contributed by atoms with Crippen molar-refractivity contribution in [3.05, 3.63) is 54.4 Å². The van der Waals surface area contributed by atoms with E-state index in [9.17, 15) is 0 Å². The standard InChI is InChI=1S/C17H20N4OS/c1-2-3-12-22-16-9-7-14(8-10-16)20-17(23)21-19-13-15-6-4-5-11-18-15/h4-11,13H,2-3,12H2,1H3,(H2,20,21,23). The fraction of sp³-hybridized carbons (Fsp3) is 0.235. The van der Waals surface area contributed by atoms with Crippen molar-refractivity contribution in [2.45, 2.75) is 19.8 Å². The summed E-state index contributed by atoms with van der Waals surface area (Å²) in [5, 5.41) is 7.51. The Balaban J connectivity index is 1.77. The summed E-state index contributed by atoms with van der Waals surface area (Å²) in [4.78, 5) is 4.13. The normalized spacial score (nSPS) is 10.5. The molecule has 2 aromatic rings. The van der Waals surface area contributed by atoms with Crippen molar-refractivity contribution in [1.82, 2.24) is 10.4 Å². The van der Waals surface area contributed by atoms with Gasteiger partial charge in [-0.1, -0.05) is 19.4 Å². The van der Waals surface area contributed by atoms with Gasteiger partial charge in [0, 0.05) is 11.9 Å². The van der Waals surface area contributed by atoms with E-state index >= 15 is 0 Å². The highest BCUT2D eigenvalue weighted by Gasteiger charge is 1.98. The second kappa shape index (κ2) is 9.53. The van der Waals surface area contributed by atoms with Crippen molar-refractivity contribution < 1.29 is 4.74 Å². The number of unbranched alkanes of at least 4 members (excludes halogenated alkanes) is 1. The Morgan fingerprint density at radius 3 is 2.78 bits per heavy atom. The first-order chi connectivity index (χ1) is 11.3. The van der Waals surface area contributed by atoms with E-state index in [2.05, 4.69) is 27.8 Å². The van der Waals surface area contributed by atoms with E-state index in [0.717, 1.165) is 36.6 Å². The maximum absolute atomic E-state index is 5.61. The molecule has 0 saturated carbocycles. The largest absolute Gasteiger partial charge is 0.494 e. The molecule has 5 nitrogen and oxygen atoms in total. The molecule has 0 amide bonds. The van der Waals surface area contributed by atoms with Gasteiger partial charge >= 0.3 is 0 Å². The lowest BCUT2D eigenvalue weighted by Gasteiger charge is -2.09. The molecule has 0 bridgehead atoms. The van der Waals surface area contributed by atoms with Crippen LogP contribution in [-0.2, 0) is 0 Å². The second-order valence-electron chi connectivity index (χ2n) is 4.81. The number of benzene rings is 1. The number of hydrogen-bond donors (Lipinski definition) is 2. The first-order valence-corrected chi connectivity index (χ1v) is 7.92. The molecular formula is C17H20N4OS. The monoisotopic (exact) mass is 328 g/mol. The fourth-order valence-electron chi connectivity index (χ4n) is 1.74. The molecule has 0 saturated heterocycles. The minimum atomic E-state index is 0.414. The highest BCUT2D eigenvalue weighted by atomic mass is 32.1. The Hall–Kier alpha value is -2.47. The van der Waals surface area contributed by atoms with E-state index < -0.39 is 0 Å².